The van der Waals surface area contributed by atoms with E-state index in [0.717, 1.165) is 17.2 Å². The van der Waals surface area contributed by atoms with Crippen molar-refractivity contribution in [2.75, 3.05) is 24.2 Å². The average molecular weight is 306 g/mol. The molecule has 0 aliphatic rings. The molecular formula is C10H12F2N4OS2. The normalized spacial score (nSPS) is 11.8. The summed E-state index contributed by atoms with van der Waals surface area (Å²) in [5.41, 5.74) is 7.11. The van der Waals surface area contributed by atoms with Gasteiger partial charge in [-0.2, -0.15) is 4.37 Å². The number of aryl methyl sites for hydroxylation is 1. The molecule has 0 aromatic carbocycles. The van der Waals surface area contributed by atoms with Gasteiger partial charge in [0.15, 0.2) is 0 Å². The van der Waals surface area contributed by atoms with Crippen LogP contribution >= 0.6 is 22.9 Å². The van der Waals surface area contributed by atoms with E-state index in [2.05, 4.69) is 14.7 Å². The van der Waals surface area contributed by atoms with Crippen LogP contribution in [0.3, 0.4) is 0 Å². The molecule has 0 amide bonds. The quantitative estimate of drug-likeness (QED) is 0.788. The van der Waals surface area contributed by atoms with Crippen LogP contribution in [0, 0.1) is 6.92 Å². The van der Waals surface area contributed by atoms with Gasteiger partial charge in [-0.3, -0.25) is 0 Å². The van der Waals surface area contributed by atoms with E-state index in [0.29, 0.717) is 15.6 Å². The Morgan fingerprint density at radius 2 is 2.26 bits per heavy atom. The van der Waals surface area contributed by atoms with Gasteiger partial charge in [-0.15, -0.1) is 11.3 Å². The maximum atomic E-state index is 13.0. The molecule has 0 radical (unpaired) electrons. The molecule has 2 heterocycles. The van der Waals surface area contributed by atoms with Gasteiger partial charge in [0, 0.05) is 11.1 Å². The van der Waals surface area contributed by atoms with Gasteiger partial charge in [-0.05, 0) is 18.5 Å². The predicted molar refractivity (Wildman–Crippen MR) is 72.9 cm³/mol. The zero-order valence-electron chi connectivity index (χ0n) is 9.98. The van der Waals surface area contributed by atoms with E-state index >= 15 is 0 Å². The molecular weight excluding hydrogens is 294 g/mol. The molecule has 2 aromatic rings. The SMILES string of the molecule is Cc1csc(-c2c(N)nsc2NCC(F)(F)CO)n1. The number of hydrogen-bond acceptors (Lipinski definition) is 7. The molecule has 19 heavy (non-hydrogen) atoms. The predicted octanol–water partition coefficient (Wildman–Crippen LogP) is 2.20. The summed E-state index contributed by atoms with van der Waals surface area (Å²) >= 11 is 2.37. The fourth-order valence-corrected chi connectivity index (χ4v) is 2.99. The number of rotatable bonds is 5. The largest absolute Gasteiger partial charge is 0.390 e. The van der Waals surface area contributed by atoms with Crippen LogP contribution in [-0.4, -0.2) is 33.5 Å². The zero-order valence-corrected chi connectivity index (χ0v) is 11.6. The molecule has 2 rings (SSSR count). The monoisotopic (exact) mass is 306 g/mol. The Morgan fingerprint density at radius 3 is 2.84 bits per heavy atom. The van der Waals surface area contributed by atoms with Crippen molar-refractivity contribution >= 4 is 33.7 Å². The van der Waals surface area contributed by atoms with E-state index in [-0.39, 0.29) is 5.82 Å². The van der Waals surface area contributed by atoms with Crippen molar-refractivity contribution in [1.82, 2.24) is 9.36 Å². The average Bonchev–Trinajstić information content (AvgIpc) is 2.93. The number of aliphatic hydroxyl groups excluding tert-OH is 1. The van der Waals surface area contributed by atoms with Crippen LogP contribution in [0.25, 0.3) is 10.6 Å². The lowest BCUT2D eigenvalue weighted by Crippen LogP contribution is -2.30. The van der Waals surface area contributed by atoms with Crippen LogP contribution in [0.15, 0.2) is 5.38 Å². The Labute approximate surface area is 116 Å². The van der Waals surface area contributed by atoms with E-state index in [1.807, 2.05) is 12.3 Å². The summed E-state index contributed by atoms with van der Waals surface area (Å²) in [6.07, 6.45) is 0. The molecule has 9 heteroatoms. The lowest BCUT2D eigenvalue weighted by atomic mass is 10.3. The van der Waals surface area contributed by atoms with Crippen molar-refractivity contribution in [3.63, 3.8) is 0 Å². The smallest absolute Gasteiger partial charge is 0.287 e. The number of aliphatic hydroxyl groups is 1. The highest BCUT2D eigenvalue weighted by Crippen LogP contribution is 2.38. The van der Waals surface area contributed by atoms with Gasteiger partial charge in [0.1, 0.15) is 22.4 Å². The van der Waals surface area contributed by atoms with Crippen molar-refractivity contribution in [1.29, 1.82) is 0 Å². The third-order valence-electron chi connectivity index (χ3n) is 2.29. The topological polar surface area (TPSA) is 84.1 Å². The Balaban J connectivity index is 2.23. The zero-order chi connectivity index (χ0) is 14.0. The highest BCUT2D eigenvalue weighted by atomic mass is 32.1. The number of halogens is 2. The summed E-state index contributed by atoms with van der Waals surface area (Å²) in [5, 5.41) is 14.0. The fraction of sp³-hybridized carbons (Fsp3) is 0.400. The van der Waals surface area contributed by atoms with E-state index in [4.69, 9.17) is 10.8 Å². The number of thiazole rings is 1. The molecule has 0 spiro atoms. The van der Waals surface area contributed by atoms with Crippen molar-refractivity contribution in [3.8, 4) is 10.6 Å². The maximum Gasteiger partial charge on any atom is 0.287 e. The van der Waals surface area contributed by atoms with Gasteiger partial charge in [0.25, 0.3) is 5.92 Å². The number of anilines is 2. The third-order valence-corrected chi connectivity index (χ3v) is 4.09. The van der Waals surface area contributed by atoms with Gasteiger partial charge in [0.2, 0.25) is 0 Å². The van der Waals surface area contributed by atoms with E-state index in [9.17, 15) is 8.78 Å². The van der Waals surface area contributed by atoms with Crippen LogP contribution in [0.2, 0.25) is 0 Å². The second-order valence-electron chi connectivity index (χ2n) is 3.93. The van der Waals surface area contributed by atoms with E-state index in [1.54, 1.807) is 0 Å². The summed E-state index contributed by atoms with van der Waals surface area (Å²) in [4.78, 5) is 4.27. The molecule has 0 saturated carbocycles. The molecule has 0 atom stereocenters. The summed E-state index contributed by atoms with van der Waals surface area (Å²) in [5.74, 6) is -2.93. The molecule has 0 aliphatic heterocycles. The minimum Gasteiger partial charge on any atom is -0.390 e. The number of nitrogens with zero attached hydrogens (tertiary/aromatic N) is 2. The summed E-state index contributed by atoms with van der Waals surface area (Å²) in [6.45, 7) is -0.0501. The molecule has 0 fully saturated rings. The fourth-order valence-electron chi connectivity index (χ4n) is 1.36. The Bertz CT molecular complexity index is 570. The number of nitrogen functional groups attached to an aromatic ring is 1. The van der Waals surface area contributed by atoms with Crippen LogP contribution in [-0.2, 0) is 0 Å². The first-order valence-electron chi connectivity index (χ1n) is 5.33. The molecule has 0 unspecified atom stereocenters. The number of nitrogens with one attached hydrogen (secondary N) is 1. The number of alkyl halides is 2. The van der Waals surface area contributed by atoms with Gasteiger partial charge >= 0.3 is 0 Å². The van der Waals surface area contributed by atoms with Crippen LogP contribution < -0.4 is 11.1 Å². The molecule has 2 aromatic heterocycles. The second-order valence-corrected chi connectivity index (χ2v) is 5.57. The highest BCUT2D eigenvalue weighted by molar-refractivity contribution is 7.15. The summed E-state index contributed by atoms with van der Waals surface area (Å²) < 4.78 is 30.0. The molecule has 4 N–H and O–H groups in total. The van der Waals surface area contributed by atoms with Crippen molar-refractivity contribution in [3.05, 3.63) is 11.1 Å². The first-order valence-corrected chi connectivity index (χ1v) is 6.98. The first kappa shape index (κ1) is 14.1. The van der Waals surface area contributed by atoms with Gasteiger partial charge in [-0.1, -0.05) is 0 Å². The molecule has 0 saturated heterocycles. The Hall–Kier alpha value is -1.32. The lowest BCUT2D eigenvalue weighted by molar-refractivity contribution is -0.0372. The summed E-state index contributed by atoms with van der Waals surface area (Å²) in [6, 6.07) is 0. The van der Waals surface area contributed by atoms with Crippen LogP contribution in [0.5, 0.6) is 0 Å². The first-order chi connectivity index (χ1) is 8.93. The van der Waals surface area contributed by atoms with Crippen molar-refractivity contribution in [2.45, 2.75) is 12.8 Å². The third kappa shape index (κ3) is 3.17. The minimum absolute atomic E-state index is 0.258. The standard InChI is InChI=1S/C10H12F2N4OS2/c1-5-2-18-9(15-5)6-7(13)16-19-8(6)14-3-10(11,12)4-17/h2,14,17H,3-4H2,1H3,(H2,13,16). The number of aromatic nitrogens is 2. The number of nitrogens with two attached hydrogens (primary N) is 1. The molecule has 0 aliphatic carbocycles. The van der Waals surface area contributed by atoms with Gasteiger partial charge < -0.3 is 16.2 Å². The molecule has 5 nitrogen and oxygen atoms in total. The van der Waals surface area contributed by atoms with Crippen molar-refractivity contribution < 1.29 is 13.9 Å². The maximum absolute atomic E-state index is 13.0. The second kappa shape index (κ2) is 5.35. The van der Waals surface area contributed by atoms with Crippen molar-refractivity contribution in [2.24, 2.45) is 0 Å². The lowest BCUT2D eigenvalue weighted by Gasteiger charge is -2.14. The highest BCUT2D eigenvalue weighted by Gasteiger charge is 2.28. The molecule has 0 bridgehead atoms. The Morgan fingerprint density at radius 1 is 1.53 bits per heavy atom. The van der Waals surface area contributed by atoms with E-state index < -0.39 is 19.1 Å². The van der Waals surface area contributed by atoms with Gasteiger partial charge in [0.05, 0.1) is 12.1 Å². The Kier molecular flexibility index (Phi) is 3.97. The van der Waals surface area contributed by atoms with Crippen LogP contribution in [0.4, 0.5) is 19.6 Å². The van der Waals surface area contributed by atoms with E-state index in [1.165, 1.54) is 11.3 Å². The van der Waals surface area contributed by atoms with Gasteiger partial charge in [-0.25, -0.2) is 13.8 Å². The number of hydrogen-bond donors (Lipinski definition) is 3. The summed E-state index contributed by atoms with van der Waals surface area (Å²) in [7, 11) is 0. The van der Waals surface area contributed by atoms with Crippen LogP contribution in [0.1, 0.15) is 5.69 Å². The minimum atomic E-state index is -3.19. The molecule has 104 valence electrons.